The average Bonchev–Trinajstić information content (AvgIpc) is 2.66. The SMILES string of the molecule is COCCN=C(NN)N1CCc2ccccc2CC1. The van der Waals surface area contributed by atoms with Gasteiger partial charge >= 0.3 is 0 Å². The molecule has 0 aromatic heterocycles. The van der Waals surface area contributed by atoms with Crippen LogP contribution in [-0.2, 0) is 17.6 Å². The van der Waals surface area contributed by atoms with Crippen LogP contribution in [0.25, 0.3) is 0 Å². The van der Waals surface area contributed by atoms with Gasteiger partial charge in [0.2, 0.25) is 5.96 Å². The molecule has 0 radical (unpaired) electrons. The minimum Gasteiger partial charge on any atom is -0.383 e. The van der Waals surface area contributed by atoms with Crippen molar-refractivity contribution < 1.29 is 4.74 Å². The smallest absolute Gasteiger partial charge is 0.208 e. The van der Waals surface area contributed by atoms with E-state index < -0.39 is 0 Å². The Labute approximate surface area is 114 Å². The van der Waals surface area contributed by atoms with Crippen molar-refractivity contribution in [1.82, 2.24) is 10.3 Å². The minimum absolute atomic E-state index is 0.610. The van der Waals surface area contributed by atoms with Gasteiger partial charge in [0, 0.05) is 20.2 Å². The van der Waals surface area contributed by atoms with Gasteiger partial charge in [-0.15, -0.1) is 0 Å². The summed E-state index contributed by atoms with van der Waals surface area (Å²) < 4.78 is 5.01. The summed E-state index contributed by atoms with van der Waals surface area (Å²) in [6.45, 7) is 3.11. The van der Waals surface area contributed by atoms with Gasteiger partial charge in [-0.25, -0.2) is 10.8 Å². The monoisotopic (exact) mass is 262 g/mol. The van der Waals surface area contributed by atoms with Crippen LogP contribution in [0.2, 0.25) is 0 Å². The fourth-order valence-corrected chi connectivity index (χ4v) is 2.36. The maximum Gasteiger partial charge on any atom is 0.208 e. The van der Waals surface area contributed by atoms with E-state index >= 15 is 0 Å². The van der Waals surface area contributed by atoms with Crippen LogP contribution in [0.15, 0.2) is 29.3 Å². The average molecular weight is 262 g/mol. The largest absolute Gasteiger partial charge is 0.383 e. The molecule has 0 unspecified atom stereocenters. The summed E-state index contributed by atoms with van der Waals surface area (Å²) in [4.78, 5) is 6.65. The van der Waals surface area contributed by atoms with Crippen molar-refractivity contribution in [1.29, 1.82) is 0 Å². The van der Waals surface area contributed by atoms with Crippen LogP contribution in [0.4, 0.5) is 0 Å². The summed E-state index contributed by atoms with van der Waals surface area (Å²) in [5, 5.41) is 0. The summed E-state index contributed by atoms with van der Waals surface area (Å²) in [7, 11) is 1.67. The maximum absolute atomic E-state index is 5.58. The first-order valence-corrected chi connectivity index (χ1v) is 6.67. The summed E-state index contributed by atoms with van der Waals surface area (Å²) in [5.74, 6) is 6.33. The molecule has 2 rings (SSSR count). The molecule has 0 atom stereocenters. The third-order valence-corrected chi connectivity index (χ3v) is 3.41. The van der Waals surface area contributed by atoms with E-state index in [2.05, 4.69) is 39.6 Å². The second-order valence-electron chi connectivity index (χ2n) is 4.60. The standard InChI is InChI=1S/C14H22N4O/c1-19-11-8-16-14(17-15)18-9-6-12-4-2-3-5-13(12)7-10-18/h2-5H,6-11,15H2,1H3,(H,16,17). The molecule has 1 aromatic carbocycles. The number of aliphatic imine (C=N–C) groups is 1. The molecule has 5 heteroatoms. The van der Waals surface area contributed by atoms with E-state index in [1.165, 1.54) is 11.1 Å². The quantitative estimate of drug-likeness (QED) is 0.275. The Morgan fingerprint density at radius 1 is 1.32 bits per heavy atom. The molecule has 1 heterocycles. The Morgan fingerprint density at radius 3 is 2.47 bits per heavy atom. The third kappa shape index (κ3) is 3.68. The first-order valence-electron chi connectivity index (χ1n) is 6.67. The fraction of sp³-hybridized carbons (Fsp3) is 0.500. The Balaban J connectivity index is 2.01. The van der Waals surface area contributed by atoms with E-state index in [4.69, 9.17) is 10.6 Å². The highest BCUT2D eigenvalue weighted by Crippen LogP contribution is 2.15. The molecule has 0 amide bonds. The number of fused-ring (bicyclic) bond motifs is 1. The number of ether oxygens (including phenoxy) is 1. The van der Waals surface area contributed by atoms with Crippen LogP contribution >= 0.6 is 0 Å². The van der Waals surface area contributed by atoms with Gasteiger partial charge in [-0.3, -0.25) is 5.43 Å². The topological polar surface area (TPSA) is 62.9 Å². The number of nitrogens with one attached hydrogen (secondary N) is 1. The zero-order chi connectivity index (χ0) is 13.5. The normalized spacial score (nSPS) is 15.9. The van der Waals surface area contributed by atoms with Gasteiger partial charge in [0.05, 0.1) is 13.2 Å². The van der Waals surface area contributed by atoms with Crippen molar-refractivity contribution in [2.75, 3.05) is 33.4 Å². The second-order valence-corrected chi connectivity index (χ2v) is 4.60. The summed E-state index contributed by atoms with van der Waals surface area (Å²) in [5.41, 5.74) is 5.56. The molecular weight excluding hydrogens is 240 g/mol. The van der Waals surface area contributed by atoms with E-state index in [0.29, 0.717) is 13.2 Å². The Bertz CT molecular complexity index is 406. The van der Waals surface area contributed by atoms with E-state index in [0.717, 1.165) is 31.9 Å². The predicted molar refractivity (Wildman–Crippen MR) is 76.9 cm³/mol. The molecule has 1 aliphatic rings. The molecule has 1 aliphatic heterocycles. The summed E-state index contributed by atoms with van der Waals surface area (Å²) >= 11 is 0. The number of nitrogens with two attached hydrogens (primary N) is 1. The van der Waals surface area contributed by atoms with E-state index in [1.54, 1.807) is 7.11 Å². The van der Waals surface area contributed by atoms with Crippen molar-refractivity contribution in [2.45, 2.75) is 12.8 Å². The van der Waals surface area contributed by atoms with Gasteiger partial charge in [-0.1, -0.05) is 24.3 Å². The molecule has 19 heavy (non-hydrogen) atoms. The fourth-order valence-electron chi connectivity index (χ4n) is 2.36. The molecule has 0 saturated carbocycles. The highest BCUT2D eigenvalue weighted by molar-refractivity contribution is 5.79. The molecule has 0 bridgehead atoms. The van der Waals surface area contributed by atoms with Crippen molar-refractivity contribution >= 4 is 5.96 Å². The van der Waals surface area contributed by atoms with E-state index in [1.807, 2.05) is 0 Å². The predicted octanol–water partition coefficient (Wildman–Crippen LogP) is 0.553. The lowest BCUT2D eigenvalue weighted by molar-refractivity contribution is 0.207. The van der Waals surface area contributed by atoms with Crippen LogP contribution in [0.5, 0.6) is 0 Å². The first kappa shape index (κ1) is 13.8. The lowest BCUT2D eigenvalue weighted by Crippen LogP contribution is -2.46. The van der Waals surface area contributed by atoms with Gasteiger partial charge < -0.3 is 9.64 Å². The lowest BCUT2D eigenvalue weighted by atomic mass is 10.0. The van der Waals surface area contributed by atoms with Crippen molar-refractivity contribution in [3.8, 4) is 0 Å². The van der Waals surface area contributed by atoms with Crippen LogP contribution in [0, 0.1) is 0 Å². The zero-order valence-corrected chi connectivity index (χ0v) is 11.4. The molecular formula is C14H22N4O. The number of nitrogens with zero attached hydrogens (tertiary/aromatic N) is 2. The van der Waals surface area contributed by atoms with Crippen LogP contribution in [0.3, 0.4) is 0 Å². The molecule has 0 spiro atoms. The second kappa shape index (κ2) is 7.11. The zero-order valence-electron chi connectivity index (χ0n) is 11.4. The van der Waals surface area contributed by atoms with Crippen molar-refractivity contribution in [3.63, 3.8) is 0 Å². The lowest BCUT2D eigenvalue weighted by Gasteiger charge is -2.23. The van der Waals surface area contributed by atoms with Crippen LogP contribution in [-0.4, -0.2) is 44.2 Å². The first-order chi connectivity index (χ1) is 9.35. The highest BCUT2D eigenvalue weighted by atomic mass is 16.5. The number of hydrogen-bond acceptors (Lipinski definition) is 3. The minimum atomic E-state index is 0.610. The maximum atomic E-state index is 5.58. The number of hydrazine groups is 1. The Morgan fingerprint density at radius 2 is 1.95 bits per heavy atom. The number of benzene rings is 1. The summed E-state index contributed by atoms with van der Waals surface area (Å²) in [6.07, 6.45) is 2.06. The number of guanidine groups is 1. The van der Waals surface area contributed by atoms with E-state index in [9.17, 15) is 0 Å². The Hall–Kier alpha value is -1.59. The van der Waals surface area contributed by atoms with Gasteiger partial charge in [0.15, 0.2) is 0 Å². The molecule has 1 aromatic rings. The van der Waals surface area contributed by atoms with Crippen LogP contribution < -0.4 is 11.3 Å². The van der Waals surface area contributed by atoms with Gasteiger partial charge in [-0.05, 0) is 24.0 Å². The van der Waals surface area contributed by atoms with Crippen LogP contribution in [0.1, 0.15) is 11.1 Å². The van der Waals surface area contributed by atoms with Crippen molar-refractivity contribution in [2.24, 2.45) is 10.8 Å². The molecule has 104 valence electrons. The van der Waals surface area contributed by atoms with Gasteiger partial charge in [-0.2, -0.15) is 0 Å². The molecule has 3 N–H and O–H groups in total. The molecule has 5 nitrogen and oxygen atoms in total. The molecule has 0 saturated heterocycles. The van der Waals surface area contributed by atoms with Gasteiger partial charge in [0.25, 0.3) is 0 Å². The number of hydrogen-bond donors (Lipinski definition) is 2. The number of methoxy groups -OCH3 is 1. The molecule has 0 fully saturated rings. The third-order valence-electron chi connectivity index (χ3n) is 3.41. The van der Waals surface area contributed by atoms with Gasteiger partial charge in [0.1, 0.15) is 0 Å². The summed E-state index contributed by atoms with van der Waals surface area (Å²) in [6, 6.07) is 8.61. The van der Waals surface area contributed by atoms with Crippen molar-refractivity contribution in [3.05, 3.63) is 35.4 Å². The highest BCUT2D eigenvalue weighted by Gasteiger charge is 2.15. The Kier molecular flexibility index (Phi) is 5.18. The molecule has 0 aliphatic carbocycles. The van der Waals surface area contributed by atoms with E-state index in [-0.39, 0.29) is 0 Å². The number of rotatable bonds is 3.